The van der Waals surface area contributed by atoms with Crippen molar-refractivity contribution in [2.24, 2.45) is 5.73 Å². The Morgan fingerprint density at radius 3 is 2.37 bits per heavy atom. The van der Waals surface area contributed by atoms with Crippen molar-refractivity contribution in [2.45, 2.75) is 45.8 Å². The molecule has 3 rings (SSSR count). The Balaban J connectivity index is 2.19. The fraction of sp³-hybridized carbons (Fsp3) is 0.304. The summed E-state index contributed by atoms with van der Waals surface area (Å²) in [6.45, 7) is 4.32. The van der Waals surface area contributed by atoms with Crippen molar-refractivity contribution < 1.29 is 18.0 Å². The summed E-state index contributed by atoms with van der Waals surface area (Å²) in [5.41, 5.74) is 8.87. The van der Waals surface area contributed by atoms with Crippen LogP contribution in [0.15, 0.2) is 48.7 Å². The van der Waals surface area contributed by atoms with E-state index in [-0.39, 0.29) is 0 Å². The molecule has 0 aliphatic rings. The van der Waals surface area contributed by atoms with Crippen molar-refractivity contribution in [3.8, 4) is 11.1 Å². The van der Waals surface area contributed by atoms with Crippen LogP contribution in [0.2, 0.25) is 0 Å². The molecule has 0 spiro atoms. The standard InChI is InChI=1S/C23H24F3N3O/c1-3-4-8-19-21(16-9-11-17(12-10-16)23(24,25)26)20(22(27)30)15(2)29(19)14-18-7-5-6-13-28-18/h5-7,9-13H,3-4,8,14H2,1-2H3,(H2,27,30). The third-order valence-electron chi connectivity index (χ3n) is 5.19. The highest BCUT2D eigenvalue weighted by molar-refractivity contribution is 6.02. The first-order valence-corrected chi connectivity index (χ1v) is 9.83. The lowest BCUT2D eigenvalue weighted by Gasteiger charge is -2.13. The van der Waals surface area contributed by atoms with Crippen molar-refractivity contribution in [1.82, 2.24) is 9.55 Å². The molecule has 0 aliphatic heterocycles. The van der Waals surface area contributed by atoms with Gasteiger partial charge in [0.15, 0.2) is 0 Å². The number of carbonyl (C=O) groups excluding carboxylic acids is 1. The van der Waals surface area contributed by atoms with E-state index in [1.807, 2.05) is 29.7 Å². The van der Waals surface area contributed by atoms with Crippen LogP contribution in [0.5, 0.6) is 0 Å². The zero-order valence-corrected chi connectivity index (χ0v) is 17.0. The number of unbranched alkanes of at least 4 members (excludes halogenated alkanes) is 1. The monoisotopic (exact) mass is 415 g/mol. The molecule has 0 bridgehead atoms. The summed E-state index contributed by atoms with van der Waals surface area (Å²) in [5, 5.41) is 0. The van der Waals surface area contributed by atoms with E-state index in [4.69, 9.17) is 5.73 Å². The molecule has 30 heavy (non-hydrogen) atoms. The van der Waals surface area contributed by atoms with Crippen LogP contribution in [-0.4, -0.2) is 15.5 Å². The lowest BCUT2D eigenvalue weighted by atomic mass is 9.96. The van der Waals surface area contributed by atoms with E-state index in [1.54, 1.807) is 6.20 Å². The van der Waals surface area contributed by atoms with Gasteiger partial charge >= 0.3 is 6.18 Å². The lowest BCUT2D eigenvalue weighted by Crippen LogP contribution is -2.14. The number of amides is 1. The number of nitrogens with two attached hydrogens (primary N) is 1. The summed E-state index contributed by atoms with van der Waals surface area (Å²) in [6, 6.07) is 10.5. The molecular formula is C23H24F3N3O. The topological polar surface area (TPSA) is 60.9 Å². The summed E-state index contributed by atoms with van der Waals surface area (Å²) in [5.74, 6) is -0.597. The molecule has 4 nitrogen and oxygen atoms in total. The average molecular weight is 415 g/mol. The molecule has 0 atom stereocenters. The number of rotatable bonds is 7. The molecule has 0 radical (unpaired) electrons. The number of hydrogen-bond acceptors (Lipinski definition) is 2. The van der Waals surface area contributed by atoms with E-state index < -0.39 is 17.6 Å². The highest BCUT2D eigenvalue weighted by Crippen LogP contribution is 2.36. The zero-order valence-electron chi connectivity index (χ0n) is 17.0. The second-order valence-electron chi connectivity index (χ2n) is 7.23. The maximum atomic E-state index is 13.0. The molecule has 1 aromatic carbocycles. The van der Waals surface area contributed by atoms with Crippen molar-refractivity contribution in [3.05, 3.63) is 76.9 Å². The van der Waals surface area contributed by atoms with Gasteiger partial charge in [0, 0.05) is 23.1 Å². The lowest BCUT2D eigenvalue weighted by molar-refractivity contribution is -0.137. The van der Waals surface area contributed by atoms with Crippen LogP contribution in [0.4, 0.5) is 13.2 Å². The van der Waals surface area contributed by atoms with Gasteiger partial charge in [0.05, 0.1) is 23.4 Å². The minimum atomic E-state index is -4.42. The molecule has 158 valence electrons. The second kappa shape index (κ2) is 8.73. The van der Waals surface area contributed by atoms with Crippen LogP contribution in [-0.2, 0) is 19.1 Å². The zero-order chi connectivity index (χ0) is 21.9. The maximum Gasteiger partial charge on any atom is 0.416 e. The summed E-state index contributed by atoms with van der Waals surface area (Å²) < 4.78 is 41.0. The van der Waals surface area contributed by atoms with Gasteiger partial charge in [-0.25, -0.2) is 0 Å². The Bertz CT molecular complexity index is 1020. The van der Waals surface area contributed by atoms with Crippen molar-refractivity contribution in [3.63, 3.8) is 0 Å². The Kier molecular flexibility index (Phi) is 6.29. The van der Waals surface area contributed by atoms with E-state index in [9.17, 15) is 18.0 Å². The summed E-state index contributed by atoms with van der Waals surface area (Å²) in [7, 11) is 0. The molecule has 7 heteroatoms. The van der Waals surface area contributed by atoms with Gasteiger partial charge in [-0.15, -0.1) is 0 Å². The van der Waals surface area contributed by atoms with Crippen molar-refractivity contribution >= 4 is 5.91 Å². The molecule has 2 heterocycles. The smallest absolute Gasteiger partial charge is 0.366 e. The van der Waals surface area contributed by atoms with Crippen LogP contribution < -0.4 is 5.73 Å². The van der Waals surface area contributed by atoms with Gasteiger partial charge in [-0.2, -0.15) is 13.2 Å². The van der Waals surface area contributed by atoms with Crippen LogP contribution in [0, 0.1) is 6.92 Å². The van der Waals surface area contributed by atoms with Gasteiger partial charge in [-0.05, 0) is 49.6 Å². The van der Waals surface area contributed by atoms with Crippen LogP contribution in [0.25, 0.3) is 11.1 Å². The van der Waals surface area contributed by atoms with Gasteiger partial charge in [0.25, 0.3) is 5.91 Å². The fourth-order valence-electron chi connectivity index (χ4n) is 3.71. The number of alkyl halides is 3. The van der Waals surface area contributed by atoms with Gasteiger partial charge in [-0.1, -0.05) is 31.5 Å². The number of primary amides is 1. The number of benzene rings is 1. The van der Waals surface area contributed by atoms with E-state index >= 15 is 0 Å². The van der Waals surface area contributed by atoms with E-state index in [0.717, 1.165) is 36.4 Å². The van der Waals surface area contributed by atoms with Crippen molar-refractivity contribution in [2.75, 3.05) is 0 Å². The van der Waals surface area contributed by atoms with Crippen LogP contribution in [0.3, 0.4) is 0 Å². The van der Waals surface area contributed by atoms with E-state index in [0.29, 0.717) is 35.3 Å². The van der Waals surface area contributed by atoms with E-state index in [2.05, 4.69) is 11.9 Å². The molecule has 0 saturated heterocycles. The number of nitrogens with zero attached hydrogens (tertiary/aromatic N) is 2. The minimum absolute atomic E-state index is 0.344. The predicted molar refractivity (Wildman–Crippen MR) is 110 cm³/mol. The largest absolute Gasteiger partial charge is 0.416 e. The Morgan fingerprint density at radius 1 is 1.13 bits per heavy atom. The third kappa shape index (κ3) is 4.40. The molecule has 0 unspecified atom stereocenters. The maximum absolute atomic E-state index is 13.0. The quantitative estimate of drug-likeness (QED) is 0.564. The number of aromatic nitrogens is 2. The average Bonchev–Trinajstić information content (AvgIpc) is 2.98. The number of carbonyl (C=O) groups is 1. The molecular weight excluding hydrogens is 391 g/mol. The summed E-state index contributed by atoms with van der Waals surface area (Å²) in [6.07, 6.45) is -0.236. The normalized spacial score (nSPS) is 11.6. The Hall–Kier alpha value is -3.09. The van der Waals surface area contributed by atoms with Gasteiger partial charge < -0.3 is 10.3 Å². The molecule has 1 amide bonds. The highest BCUT2D eigenvalue weighted by atomic mass is 19.4. The molecule has 3 aromatic rings. The predicted octanol–water partition coefficient (Wildman–Crippen LogP) is 5.37. The number of halogens is 3. The van der Waals surface area contributed by atoms with Crippen LogP contribution >= 0.6 is 0 Å². The first kappa shape index (κ1) is 21.6. The van der Waals surface area contributed by atoms with Gasteiger partial charge in [-0.3, -0.25) is 9.78 Å². The Morgan fingerprint density at radius 2 is 1.83 bits per heavy atom. The SMILES string of the molecule is CCCCc1c(-c2ccc(C(F)(F)F)cc2)c(C(N)=O)c(C)n1Cc1ccccn1. The van der Waals surface area contributed by atoms with Gasteiger partial charge in [0.1, 0.15) is 0 Å². The molecule has 0 saturated carbocycles. The molecule has 2 N–H and O–H groups in total. The summed E-state index contributed by atoms with van der Waals surface area (Å²) in [4.78, 5) is 16.7. The van der Waals surface area contributed by atoms with Gasteiger partial charge in [0.2, 0.25) is 0 Å². The highest BCUT2D eigenvalue weighted by Gasteiger charge is 2.31. The molecule has 0 aliphatic carbocycles. The third-order valence-corrected chi connectivity index (χ3v) is 5.19. The molecule has 0 fully saturated rings. The molecule has 2 aromatic heterocycles. The second-order valence-corrected chi connectivity index (χ2v) is 7.23. The number of hydrogen-bond donors (Lipinski definition) is 1. The van der Waals surface area contributed by atoms with E-state index in [1.165, 1.54) is 12.1 Å². The first-order chi connectivity index (χ1) is 14.2. The minimum Gasteiger partial charge on any atom is -0.366 e. The fourth-order valence-corrected chi connectivity index (χ4v) is 3.71. The number of pyridine rings is 1. The Labute approximate surface area is 173 Å². The first-order valence-electron chi connectivity index (χ1n) is 9.83. The summed E-state index contributed by atoms with van der Waals surface area (Å²) >= 11 is 0. The van der Waals surface area contributed by atoms with Crippen LogP contribution in [0.1, 0.15) is 52.8 Å². The van der Waals surface area contributed by atoms with Crippen molar-refractivity contribution in [1.29, 1.82) is 0 Å².